The fraction of sp³-hybridized carbons (Fsp3) is 0.533. The second-order valence-corrected chi connectivity index (χ2v) is 5.28. The molecule has 0 saturated heterocycles. The molecule has 0 spiro atoms. The number of Topliss-reactive ketones (excluding diaryl/α,β-unsaturated/α-hetero) is 1. The van der Waals surface area contributed by atoms with Crippen molar-refractivity contribution in [2.45, 2.75) is 40.0 Å². The minimum atomic E-state index is 0.309. The third-order valence-electron chi connectivity index (χ3n) is 3.73. The summed E-state index contributed by atoms with van der Waals surface area (Å²) in [6.45, 7) is 6.16. The summed E-state index contributed by atoms with van der Waals surface area (Å²) in [4.78, 5) is 11.7. The van der Waals surface area contributed by atoms with Gasteiger partial charge in [0.1, 0.15) is 5.76 Å². The number of ketones is 1. The Morgan fingerprint density at radius 2 is 2.24 bits per heavy atom. The molecule has 2 rings (SSSR count). The molecule has 2 nitrogen and oxygen atoms in total. The molecule has 1 aromatic heterocycles. The van der Waals surface area contributed by atoms with Crippen molar-refractivity contribution in [3.63, 3.8) is 0 Å². The summed E-state index contributed by atoms with van der Waals surface area (Å²) in [5.74, 6) is 2.31. The zero-order chi connectivity index (χ0) is 12.4. The van der Waals surface area contributed by atoms with Gasteiger partial charge >= 0.3 is 0 Å². The number of carbonyl (C=O) groups excluding carboxylic acids is 1. The summed E-state index contributed by atoms with van der Waals surface area (Å²) in [5.41, 5.74) is 2.10. The van der Waals surface area contributed by atoms with Crippen molar-refractivity contribution < 1.29 is 9.21 Å². The monoisotopic (exact) mass is 232 g/mol. The molecule has 0 N–H and O–H groups in total. The number of furan rings is 1. The molecule has 0 aliphatic heterocycles. The van der Waals surface area contributed by atoms with Crippen LogP contribution >= 0.6 is 0 Å². The highest BCUT2D eigenvalue weighted by atomic mass is 16.3. The van der Waals surface area contributed by atoms with Gasteiger partial charge in [0, 0.05) is 12.8 Å². The van der Waals surface area contributed by atoms with Crippen molar-refractivity contribution in [1.29, 1.82) is 0 Å². The first kappa shape index (κ1) is 12.2. The quantitative estimate of drug-likeness (QED) is 0.795. The summed E-state index contributed by atoms with van der Waals surface area (Å²) < 4.78 is 5.47. The van der Waals surface area contributed by atoms with Gasteiger partial charge in [0.2, 0.25) is 0 Å². The summed E-state index contributed by atoms with van der Waals surface area (Å²) >= 11 is 0. The van der Waals surface area contributed by atoms with Crippen LogP contribution in [0.15, 0.2) is 28.4 Å². The van der Waals surface area contributed by atoms with Crippen LogP contribution in [0.4, 0.5) is 0 Å². The molecule has 2 heteroatoms. The number of aryl methyl sites for hydroxylation is 1. The van der Waals surface area contributed by atoms with Gasteiger partial charge < -0.3 is 4.42 Å². The van der Waals surface area contributed by atoms with Crippen molar-refractivity contribution in [1.82, 2.24) is 0 Å². The van der Waals surface area contributed by atoms with Gasteiger partial charge in [-0.15, -0.1) is 0 Å². The van der Waals surface area contributed by atoms with E-state index in [9.17, 15) is 4.79 Å². The first-order chi connectivity index (χ1) is 8.06. The van der Waals surface area contributed by atoms with Crippen LogP contribution in [0.25, 0.3) is 0 Å². The molecule has 0 amide bonds. The SMILES string of the molecule is CC1=CCC(C(C)Cc2cc(C)co2)CC1=O. The van der Waals surface area contributed by atoms with Crippen LogP contribution in [-0.2, 0) is 11.2 Å². The van der Waals surface area contributed by atoms with Gasteiger partial charge in [0.25, 0.3) is 0 Å². The van der Waals surface area contributed by atoms with Gasteiger partial charge in [0.05, 0.1) is 6.26 Å². The van der Waals surface area contributed by atoms with Gasteiger partial charge in [-0.05, 0) is 49.3 Å². The number of carbonyl (C=O) groups is 1. The minimum Gasteiger partial charge on any atom is -0.469 e. The highest BCUT2D eigenvalue weighted by molar-refractivity contribution is 5.95. The molecule has 92 valence electrons. The zero-order valence-electron chi connectivity index (χ0n) is 10.8. The summed E-state index contributed by atoms with van der Waals surface area (Å²) in [6.07, 6.45) is 6.53. The number of hydrogen-bond donors (Lipinski definition) is 0. The summed E-state index contributed by atoms with van der Waals surface area (Å²) in [7, 11) is 0. The Hall–Kier alpha value is -1.31. The average molecular weight is 232 g/mol. The molecule has 2 atom stereocenters. The van der Waals surface area contributed by atoms with E-state index in [0.717, 1.165) is 24.2 Å². The lowest BCUT2D eigenvalue weighted by Crippen LogP contribution is -2.21. The zero-order valence-corrected chi connectivity index (χ0v) is 10.8. The van der Waals surface area contributed by atoms with E-state index in [1.54, 1.807) is 6.26 Å². The molecule has 1 heterocycles. The number of allylic oxidation sites excluding steroid dienone is 2. The molecular formula is C15H20O2. The first-order valence-electron chi connectivity index (χ1n) is 6.30. The fourth-order valence-corrected chi connectivity index (χ4v) is 2.44. The van der Waals surface area contributed by atoms with E-state index < -0.39 is 0 Å². The maximum atomic E-state index is 11.7. The van der Waals surface area contributed by atoms with Crippen molar-refractivity contribution in [2.24, 2.45) is 11.8 Å². The molecule has 17 heavy (non-hydrogen) atoms. The summed E-state index contributed by atoms with van der Waals surface area (Å²) in [5, 5.41) is 0. The molecular weight excluding hydrogens is 212 g/mol. The van der Waals surface area contributed by atoms with E-state index in [1.807, 2.05) is 13.8 Å². The third kappa shape index (κ3) is 2.87. The van der Waals surface area contributed by atoms with Gasteiger partial charge in [-0.25, -0.2) is 0 Å². The fourth-order valence-electron chi connectivity index (χ4n) is 2.44. The van der Waals surface area contributed by atoms with Gasteiger partial charge in [-0.2, -0.15) is 0 Å². The Kier molecular flexibility index (Phi) is 3.51. The van der Waals surface area contributed by atoms with E-state index in [1.165, 1.54) is 5.56 Å². The lowest BCUT2D eigenvalue weighted by Gasteiger charge is -2.25. The summed E-state index contributed by atoms with van der Waals surface area (Å²) in [6, 6.07) is 2.09. The topological polar surface area (TPSA) is 30.2 Å². The smallest absolute Gasteiger partial charge is 0.158 e. The van der Waals surface area contributed by atoms with Crippen molar-refractivity contribution >= 4 is 5.78 Å². The average Bonchev–Trinajstić information content (AvgIpc) is 2.68. The van der Waals surface area contributed by atoms with Crippen LogP contribution in [0.3, 0.4) is 0 Å². The van der Waals surface area contributed by atoms with Gasteiger partial charge in [-0.1, -0.05) is 13.0 Å². The second kappa shape index (κ2) is 4.91. The van der Waals surface area contributed by atoms with Crippen LogP contribution in [0.1, 0.15) is 38.0 Å². The normalized spacial score (nSPS) is 22.4. The van der Waals surface area contributed by atoms with Gasteiger partial charge in [0.15, 0.2) is 5.78 Å². The van der Waals surface area contributed by atoms with Crippen LogP contribution in [0.5, 0.6) is 0 Å². The minimum absolute atomic E-state index is 0.309. The highest BCUT2D eigenvalue weighted by Gasteiger charge is 2.24. The van der Waals surface area contributed by atoms with E-state index in [4.69, 9.17) is 4.42 Å². The maximum Gasteiger partial charge on any atom is 0.158 e. The van der Waals surface area contributed by atoms with Crippen LogP contribution in [0, 0.1) is 18.8 Å². The van der Waals surface area contributed by atoms with E-state index in [2.05, 4.69) is 19.1 Å². The molecule has 0 aromatic carbocycles. The largest absolute Gasteiger partial charge is 0.469 e. The van der Waals surface area contributed by atoms with Crippen molar-refractivity contribution in [3.8, 4) is 0 Å². The Balaban J connectivity index is 1.97. The van der Waals surface area contributed by atoms with E-state index in [0.29, 0.717) is 24.0 Å². The van der Waals surface area contributed by atoms with Crippen molar-refractivity contribution in [3.05, 3.63) is 35.3 Å². The van der Waals surface area contributed by atoms with Crippen LogP contribution < -0.4 is 0 Å². The molecule has 0 saturated carbocycles. The number of hydrogen-bond acceptors (Lipinski definition) is 2. The first-order valence-corrected chi connectivity index (χ1v) is 6.30. The van der Waals surface area contributed by atoms with Crippen LogP contribution in [0.2, 0.25) is 0 Å². The maximum absolute atomic E-state index is 11.7. The van der Waals surface area contributed by atoms with E-state index >= 15 is 0 Å². The molecule has 1 aliphatic rings. The Labute approximate surface area is 103 Å². The molecule has 1 aromatic rings. The molecule has 0 fully saturated rings. The Bertz CT molecular complexity index is 440. The van der Waals surface area contributed by atoms with Crippen LogP contribution in [-0.4, -0.2) is 5.78 Å². The molecule has 0 bridgehead atoms. The second-order valence-electron chi connectivity index (χ2n) is 5.28. The van der Waals surface area contributed by atoms with E-state index in [-0.39, 0.29) is 0 Å². The van der Waals surface area contributed by atoms with Gasteiger partial charge in [-0.3, -0.25) is 4.79 Å². The highest BCUT2D eigenvalue weighted by Crippen LogP contribution is 2.29. The molecule has 1 aliphatic carbocycles. The number of rotatable bonds is 3. The Morgan fingerprint density at radius 3 is 2.82 bits per heavy atom. The lowest BCUT2D eigenvalue weighted by molar-refractivity contribution is -0.117. The predicted octanol–water partition coefficient (Wildman–Crippen LogP) is 3.69. The standard InChI is InChI=1S/C15H20O2/c1-10-6-14(17-9-10)7-12(3)13-5-4-11(2)15(16)8-13/h4,6,9,12-13H,5,7-8H2,1-3H3. The van der Waals surface area contributed by atoms with Crippen molar-refractivity contribution in [2.75, 3.05) is 0 Å². The molecule has 0 radical (unpaired) electrons. The third-order valence-corrected chi connectivity index (χ3v) is 3.73. The lowest BCUT2D eigenvalue weighted by atomic mass is 9.79. The molecule has 2 unspecified atom stereocenters. The Morgan fingerprint density at radius 1 is 1.47 bits per heavy atom. The predicted molar refractivity (Wildman–Crippen MR) is 67.8 cm³/mol.